The highest BCUT2D eigenvalue weighted by Crippen LogP contribution is 2.18. The second kappa shape index (κ2) is 55.3. The summed E-state index contributed by atoms with van der Waals surface area (Å²) in [5.74, 6) is -2.26. The first kappa shape index (κ1) is 70.0. The van der Waals surface area contributed by atoms with Crippen LogP contribution < -0.4 is 5.11 Å². The zero-order chi connectivity index (χ0) is 52.7. The van der Waals surface area contributed by atoms with Crippen molar-refractivity contribution in [1.29, 1.82) is 0 Å². The molecular weight excluding hydrogens is 899 g/mol. The fourth-order valence-electron chi connectivity index (χ4n) is 9.42. The Hall–Kier alpha value is -1.97. The smallest absolute Gasteiger partial charge is 0.306 e. The van der Waals surface area contributed by atoms with Crippen molar-refractivity contribution in [3.63, 3.8) is 0 Å². The third kappa shape index (κ3) is 55.8. The summed E-state index contributed by atoms with van der Waals surface area (Å²) in [4.78, 5) is 37.2. The van der Waals surface area contributed by atoms with Crippen LogP contribution in [0.1, 0.15) is 316 Å². The summed E-state index contributed by atoms with van der Waals surface area (Å²) >= 11 is 0. The standard InChI is InChI=1S/C63H121NO8/c1-6-8-10-12-14-16-18-20-21-22-23-24-25-26-27-28-29-30-31-32-33-34-35-36-37-38-39-40-41-42-44-46-48-50-52-54-61(66)72-59(58-71-63(62(67)68)69-56-55-64(3,4)5)57-70-60(65)53-51-49-47-45-43-19-17-15-13-11-9-7-2/h22-23,59,63H,6-21,24-58H2,1-5H3/b23-22-. The van der Waals surface area contributed by atoms with Crippen LogP contribution in [0.2, 0.25) is 0 Å². The molecule has 2 atom stereocenters. The van der Waals surface area contributed by atoms with E-state index in [1.165, 1.54) is 250 Å². The van der Waals surface area contributed by atoms with E-state index in [2.05, 4.69) is 26.0 Å². The Labute approximate surface area is 446 Å². The minimum Gasteiger partial charge on any atom is -0.545 e. The number of aliphatic carboxylic acids is 1. The molecule has 0 rings (SSSR count). The van der Waals surface area contributed by atoms with Gasteiger partial charge in [-0.1, -0.05) is 276 Å². The lowest BCUT2D eigenvalue weighted by atomic mass is 10.0. The molecule has 2 unspecified atom stereocenters. The number of quaternary nitrogens is 1. The molecule has 0 aromatic rings. The molecular formula is C63H121NO8. The summed E-state index contributed by atoms with van der Waals surface area (Å²) in [6, 6.07) is 0. The molecule has 0 radical (unpaired) electrons. The Morgan fingerprint density at radius 1 is 0.403 bits per heavy atom. The number of esters is 2. The second-order valence-electron chi connectivity index (χ2n) is 22.7. The molecule has 0 heterocycles. The third-order valence-corrected chi connectivity index (χ3v) is 14.3. The van der Waals surface area contributed by atoms with E-state index in [0.29, 0.717) is 17.4 Å². The molecule has 0 aliphatic heterocycles. The molecule has 0 bridgehead atoms. The number of ether oxygens (including phenoxy) is 4. The Balaban J connectivity index is 3.95. The van der Waals surface area contributed by atoms with Crippen molar-refractivity contribution in [2.45, 2.75) is 328 Å². The average molecular weight is 1020 g/mol. The topological polar surface area (TPSA) is 111 Å². The Morgan fingerprint density at radius 3 is 1.03 bits per heavy atom. The van der Waals surface area contributed by atoms with Gasteiger partial charge in [0.15, 0.2) is 12.4 Å². The molecule has 0 N–H and O–H groups in total. The molecule has 9 nitrogen and oxygen atoms in total. The molecule has 9 heteroatoms. The summed E-state index contributed by atoms with van der Waals surface area (Å²) in [5.41, 5.74) is 0. The van der Waals surface area contributed by atoms with Gasteiger partial charge in [-0.25, -0.2) is 0 Å². The van der Waals surface area contributed by atoms with Crippen LogP contribution >= 0.6 is 0 Å². The summed E-state index contributed by atoms with van der Waals surface area (Å²) < 4.78 is 22.7. The number of allylic oxidation sites excluding steroid dienone is 2. The Bertz CT molecular complexity index is 1190. The van der Waals surface area contributed by atoms with Crippen molar-refractivity contribution in [2.75, 3.05) is 47.5 Å². The fraction of sp³-hybridized carbons (Fsp3) is 0.921. The van der Waals surface area contributed by atoms with E-state index < -0.39 is 24.3 Å². The zero-order valence-electron chi connectivity index (χ0n) is 48.6. The minimum atomic E-state index is -1.61. The third-order valence-electron chi connectivity index (χ3n) is 14.3. The van der Waals surface area contributed by atoms with Crippen LogP contribution in [0.25, 0.3) is 0 Å². The van der Waals surface area contributed by atoms with Crippen molar-refractivity contribution in [2.24, 2.45) is 0 Å². The molecule has 72 heavy (non-hydrogen) atoms. The molecule has 0 aliphatic carbocycles. The molecule has 0 saturated carbocycles. The van der Waals surface area contributed by atoms with E-state index in [4.69, 9.17) is 18.9 Å². The first-order chi connectivity index (χ1) is 35.1. The molecule has 0 fully saturated rings. The van der Waals surface area contributed by atoms with E-state index in [0.717, 1.165) is 38.5 Å². The van der Waals surface area contributed by atoms with Crippen molar-refractivity contribution in [1.82, 2.24) is 0 Å². The number of hydrogen-bond donors (Lipinski definition) is 0. The number of carbonyl (C=O) groups is 3. The molecule has 426 valence electrons. The first-order valence-electron chi connectivity index (χ1n) is 31.3. The molecule has 0 saturated heterocycles. The van der Waals surface area contributed by atoms with Gasteiger partial charge in [0.1, 0.15) is 13.2 Å². The van der Waals surface area contributed by atoms with Gasteiger partial charge in [-0.2, -0.15) is 0 Å². The fourth-order valence-corrected chi connectivity index (χ4v) is 9.42. The van der Waals surface area contributed by atoms with Crippen LogP contribution in [0.5, 0.6) is 0 Å². The highest BCUT2D eigenvalue weighted by atomic mass is 16.7. The number of rotatable bonds is 59. The highest BCUT2D eigenvalue weighted by molar-refractivity contribution is 5.70. The van der Waals surface area contributed by atoms with Crippen LogP contribution in [0.4, 0.5) is 0 Å². The summed E-state index contributed by atoms with van der Waals surface area (Å²) in [7, 11) is 5.93. The normalized spacial score (nSPS) is 12.7. The van der Waals surface area contributed by atoms with Crippen molar-refractivity contribution in [3.8, 4) is 0 Å². The van der Waals surface area contributed by atoms with Crippen molar-refractivity contribution < 1.29 is 42.9 Å². The average Bonchev–Trinajstić information content (AvgIpc) is 3.35. The molecule has 0 aromatic heterocycles. The van der Waals surface area contributed by atoms with Gasteiger partial charge in [0.25, 0.3) is 0 Å². The Kier molecular flexibility index (Phi) is 53.8. The van der Waals surface area contributed by atoms with Crippen LogP contribution in [0.3, 0.4) is 0 Å². The number of nitrogens with zero attached hydrogens (tertiary/aromatic N) is 1. The van der Waals surface area contributed by atoms with E-state index in [9.17, 15) is 19.5 Å². The second-order valence-corrected chi connectivity index (χ2v) is 22.7. The molecule has 0 amide bonds. The molecule has 0 aromatic carbocycles. The molecule has 0 aliphatic rings. The summed E-state index contributed by atoms with van der Waals surface area (Å²) in [6.07, 6.45) is 61.6. The number of carbonyl (C=O) groups excluding carboxylic acids is 3. The lowest BCUT2D eigenvalue weighted by Gasteiger charge is -2.26. The first-order valence-corrected chi connectivity index (χ1v) is 31.3. The predicted octanol–water partition coefficient (Wildman–Crippen LogP) is 17.2. The number of carboxylic acid groups (broad SMARTS) is 1. The molecule has 0 spiro atoms. The lowest BCUT2D eigenvalue weighted by Crippen LogP contribution is -2.44. The minimum absolute atomic E-state index is 0.152. The van der Waals surface area contributed by atoms with Gasteiger partial charge in [0.2, 0.25) is 0 Å². The van der Waals surface area contributed by atoms with E-state index >= 15 is 0 Å². The van der Waals surface area contributed by atoms with Crippen LogP contribution in [0, 0.1) is 0 Å². The number of unbranched alkanes of at least 4 members (excludes halogenated alkanes) is 42. The van der Waals surface area contributed by atoms with Gasteiger partial charge in [0.05, 0.1) is 40.3 Å². The predicted molar refractivity (Wildman–Crippen MR) is 302 cm³/mol. The quantitative estimate of drug-likeness (QED) is 0.0195. The summed E-state index contributed by atoms with van der Waals surface area (Å²) in [6.45, 7) is 4.79. The zero-order valence-corrected chi connectivity index (χ0v) is 48.6. The highest BCUT2D eigenvalue weighted by Gasteiger charge is 2.22. The van der Waals surface area contributed by atoms with Crippen LogP contribution in [-0.2, 0) is 33.3 Å². The van der Waals surface area contributed by atoms with Crippen molar-refractivity contribution in [3.05, 3.63) is 12.2 Å². The van der Waals surface area contributed by atoms with Gasteiger partial charge in [-0.15, -0.1) is 0 Å². The summed E-state index contributed by atoms with van der Waals surface area (Å²) in [5, 5.41) is 11.8. The maximum Gasteiger partial charge on any atom is 0.306 e. The maximum absolute atomic E-state index is 12.9. The monoisotopic (exact) mass is 1020 g/mol. The maximum atomic E-state index is 12.9. The number of likely N-dealkylation sites (N-methyl/N-ethyl adjacent to an activating group) is 1. The van der Waals surface area contributed by atoms with Crippen molar-refractivity contribution >= 4 is 17.9 Å². The van der Waals surface area contributed by atoms with E-state index in [-0.39, 0.29) is 32.2 Å². The van der Waals surface area contributed by atoms with Gasteiger partial charge in [-0.05, 0) is 38.5 Å². The van der Waals surface area contributed by atoms with Gasteiger partial charge >= 0.3 is 11.9 Å². The van der Waals surface area contributed by atoms with Crippen LogP contribution in [-0.4, -0.2) is 82.3 Å². The van der Waals surface area contributed by atoms with Gasteiger partial charge < -0.3 is 33.3 Å². The SMILES string of the molecule is CCCCCCCCCC/C=C\CCCCCCCCCCCCCCCCCCCCCCCCCC(=O)OC(COC(=O)CCCCCCCCCCCCCC)COC(OCC[N+](C)(C)C)C(=O)[O-]. The Morgan fingerprint density at radius 2 is 0.708 bits per heavy atom. The lowest BCUT2D eigenvalue weighted by molar-refractivity contribution is -0.870. The number of carboxylic acids is 1. The van der Waals surface area contributed by atoms with E-state index in [1.807, 2.05) is 21.1 Å². The van der Waals surface area contributed by atoms with E-state index in [1.54, 1.807) is 0 Å². The number of hydrogen-bond acceptors (Lipinski definition) is 8. The largest absolute Gasteiger partial charge is 0.545 e. The van der Waals surface area contributed by atoms with Gasteiger partial charge in [0, 0.05) is 12.8 Å². The van der Waals surface area contributed by atoms with Gasteiger partial charge in [-0.3, -0.25) is 9.59 Å². The van der Waals surface area contributed by atoms with Crippen LogP contribution in [0.15, 0.2) is 12.2 Å².